The monoisotopic (exact) mass is 555 g/mol. The minimum absolute atomic E-state index is 0.0381. The summed E-state index contributed by atoms with van der Waals surface area (Å²) in [5.74, 6) is -1.50. The SMILES string of the molecule is Cc1nsc(OC2CCN(C(CNC(=O)c3c(F)cccc3Cl)c3scnc3C(F)F)CC2)c1C#N. The lowest BCUT2D eigenvalue weighted by molar-refractivity contribution is 0.0718. The molecule has 0 aliphatic carbocycles. The highest BCUT2D eigenvalue weighted by molar-refractivity contribution is 7.09. The number of halogens is 4. The van der Waals surface area contributed by atoms with Crippen LogP contribution < -0.4 is 10.1 Å². The average molecular weight is 556 g/mol. The molecule has 1 amide bonds. The van der Waals surface area contributed by atoms with E-state index < -0.39 is 24.2 Å². The zero-order valence-corrected chi connectivity index (χ0v) is 21.4. The molecule has 1 aliphatic rings. The van der Waals surface area contributed by atoms with Crippen molar-refractivity contribution in [1.29, 1.82) is 5.26 Å². The fraction of sp³-hybridized carbons (Fsp3) is 0.391. The molecule has 190 valence electrons. The number of nitriles is 1. The maximum Gasteiger partial charge on any atom is 0.281 e. The Morgan fingerprint density at radius 2 is 2.14 bits per heavy atom. The van der Waals surface area contributed by atoms with Gasteiger partial charge in [0, 0.05) is 31.2 Å². The fourth-order valence-corrected chi connectivity index (χ4v) is 6.03. The number of likely N-dealkylation sites (tertiary alicyclic amines) is 1. The van der Waals surface area contributed by atoms with Crippen LogP contribution in [-0.2, 0) is 0 Å². The third-order valence-electron chi connectivity index (χ3n) is 5.91. The van der Waals surface area contributed by atoms with Gasteiger partial charge in [-0.05, 0) is 31.9 Å². The molecule has 4 rings (SSSR count). The predicted molar refractivity (Wildman–Crippen MR) is 130 cm³/mol. The number of hydrogen-bond donors (Lipinski definition) is 1. The van der Waals surface area contributed by atoms with Crippen LogP contribution in [0.1, 0.15) is 57.5 Å². The van der Waals surface area contributed by atoms with E-state index in [0.717, 1.165) is 28.9 Å². The fourth-order valence-electron chi connectivity index (χ4n) is 4.07. The zero-order valence-electron chi connectivity index (χ0n) is 19.0. The van der Waals surface area contributed by atoms with Crippen LogP contribution in [0.25, 0.3) is 0 Å². The van der Waals surface area contributed by atoms with Gasteiger partial charge >= 0.3 is 0 Å². The van der Waals surface area contributed by atoms with Crippen molar-refractivity contribution in [3.05, 3.63) is 61.9 Å². The van der Waals surface area contributed by atoms with Crippen LogP contribution in [0.2, 0.25) is 5.02 Å². The number of thiazole rings is 1. The van der Waals surface area contributed by atoms with Crippen molar-refractivity contribution in [3.8, 4) is 11.1 Å². The van der Waals surface area contributed by atoms with Gasteiger partial charge in [-0.25, -0.2) is 18.2 Å². The molecule has 13 heteroatoms. The van der Waals surface area contributed by atoms with E-state index in [1.807, 2.05) is 4.90 Å². The maximum atomic E-state index is 14.2. The van der Waals surface area contributed by atoms with E-state index in [-0.39, 0.29) is 28.9 Å². The van der Waals surface area contributed by atoms with Gasteiger partial charge in [-0.1, -0.05) is 17.7 Å². The van der Waals surface area contributed by atoms with E-state index in [4.69, 9.17) is 16.3 Å². The summed E-state index contributed by atoms with van der Waals surface area (Å²) in [7, 11) is 0. The molecule has 3 aromatic rings. The molecule has 1 saturated heterocycles. The summed E-state index contributed by atoms with van der Waals surface area (Å²) in [6.45, 7) is 2.69. The molecule has 0 radical (unpaired) electrons. The number of nitrogens with one attached hydrogen (secondary N) is 1. The molecule has 0 saturated carbocycles. The second-order valence-electron chi connectivity index (χ2n) is 8.12. The van der Waals surface area contributed by atoms with E-state index in [9.17, 15) is 23.2 Å². The van der Waals surface area contributed by atoms with Crippen molar-refractivity contribution in [1.82, 2.24) is 19.6 Å². The van der Waals surface area contributed by atoms with E-state index in [2.05, 4.69) is 20.7 Å². The topological polar surface area (TPSA) is 91.1 Å². The molecular weight excluding hydrogens is 535 g/mol. The van der Waals surface area contributed by atoms with Gasteiger partial charge in [0.05, 0.1) is 32.7 Å². The van der Waals surface area contributed by atoms with Crippen LogP contribution in [0.4, 0.5) is 13.2 Å². The zero-order chi connectivity index (χ0) is 25.8. The molecule has 2 aromatic heterocycles. The minimum atomic E-state index is -2.77. The molecule has 1 aromatic carbocycles. The van der Waals surface area contributed by atoms with Crippen LogP contribution in [0.3, 0.4) is 0 Å². The minimum Gasteiger partial charge on any atom is -0.478 e. The summed E-state index contributed by atoms with van der Waals surface area (Å²) in [5, 5.41) is 12.4. The second kappa shape index (κ2) is 11.6. The van der Waals surface area contributed by atoms with Crippen LogP contribution >= 0.6 is 34.5 Å². The molecular formula is C23H21ClF3N5O2S2. The number of amides is 1. The first-order chi connectivity index (χ1) is 17.3. The Kier molecular flexibility index (Phi) is 8.46. The molecule has 1 atom stereocenters. The van der Waals surface area contributed by atoms with Crippen molar-refractivity contribution in [2.45, 2.75) is 38.3 Å². The third kappa shape index (κ3) is 5.64. The molecule has 3 heterocycles. The van der Waals surface area contributed by atoms with E-state index in [0.29, 0.717) is 47.1 Å². The average Bonchev–Trinajstić information content (AvgIpc) is 3.47. The lowest BCUT2D eigenvalue weighted by Gasteiger charge is -2.37. The summed E-state index contributed by atoms with van der Waals surface area (Å²) in [5.41, 5.74) is 1.76. The van der Waals surface area contributed by atoms with E-state index in [1.54, 1.807) is 6.92 Å². The molecule has 36 heavy (non-hydrogen) atoms. The Hall–Kier alpha value is -2.72. The number of carbonyl (C=O) groups excluding carboxylic acids is 1. The summed E-state index contributed by atoms with van der Waals surface area (Å²) < 4.78 is 51.7. The van der Waals surface area contributed by atoms with Gasteiger partial charge < -0.3 is 10.1 Å². The number of ether oxygens (including phenoxy) is 1. The van der Waals surface area contributed by atoms with Gasteiger partial charge in [0.15, 0.2) is 0 Å². The Bertz CT molecular complexity index is 1250. The van der Waals surface area contributed by atoms with Gasteiger partial charge in [0.2, 0.25) is 5.06 Å². The second-order valence-corrected chi connectivity index (χ2v) is 10.1. The summed E-state index contributed by atoms with van der Waals surface area (Å²) >= 11 is 8.22. The molecule has 1 aliphatic heterocycles. The third-order valence-corrected chi connectivity index (χ3v) is 8.01. The normalized spacial score (nSPS) is 15.6. The lowest BCUT2D eigenvalue weighted by Crippen LogP contribution is -2.44. The van der Waals surface area contributed by atoms with Crippen molar-refractivity contribution in [3.63, 3.8) is 0 Å². The number of hydrogen-bond acceptors (Lipinski definition) is 8. The Balaban J connectivity index is 1.48. The van der Waals surface area contributed by atoms with Crippen molar-refractivity contribution in [2.75, 3.05) is 19.6 Å². The van der Waals surface area contributed by atoms with Crippen molar-refractivity contribution >= 4 is 40.4 Å². The number of alkyl halides is 2. The summed E-state index contributed by atoms with van der Waals surface area (Å²) in [6.07, 6.45) is -1.79. The molecule has 1 unspecified atom stereocenters. The van der Waals surface area contributed by atoms with Crippen LogP contribution in [-0.4, -0.2) is 45.9 Å². The number of benzene rings is 1. The molecule has 0 bridgehead atoms. The number of aryl methyl sites for hydroxylation is 1. The first kappa shape index (κ1) is 26.3. The summed E-state index contributed by atoms with van der Waals surface area (Å²) in [6, 6.07) is 5.43. The standard InChI is InChI=1S/C23H21ClF3N5O2S2/c1-12-14(9-28)23(36-31-12)34-13-5-7-32(8-6-13)17(20-19(21(26)27)30-11-35-20)10-29-22(33)18-15(24)3-2-4-16(18)25/h2-4,11,13,17,21H,5-8,10H2,1H3,(H,29,33). The molecule has 0 spiro atoms. The van der Waals surface area contributed by atoms with E-state index in [1.165, 1.54) is 17.6 Å². The van der Waals surface area contributed by atoms with Gasteiger partial charge in [-0.2, -0.15) is 9.64 Å². The lowest BCUT2D eigenvalue weighted by atomic mass is 10.0. The molecule has 7 nitrogen and oxygen atoms in total. The smallest absolute Gasteiger partial charge is 0.281 e. The predicted octanol–water partition coefficient (Wildman–Crippen LogP) is 5.52. The largest absolute Gasteiger partial charge is 0.478 e. The molecule has 1 N–H and O–H groups in total. The van der Waals surface area contributed by atoms with Crippen LogP contribution in [0.5, 0.6) is 5.06 Å². The summed E-state index contributed by atoms with van der Waals surface area (Å²) in [4.78, 5) is 18.9. The van der Waals surface area contributed by atoms with Gasteiger partial charge in [0.25, 0.3) is 12.3 Å². The molecule has 1 fully saturated rings. The first-order valence-electron chi connectivity index (χ1n) is 11.0. The quantitative estimate of drug-likeness (QED) is 0.393. The number of rotatable bonds is 8. The maximum absolute atomic E-state index is 14.2. The Morgan fingerprint density at radius 3 is 2.81 bits per heavy atom. The number of carbonyl (C=O) groups is 1. The highest BCUT2D eigenvalue weighted by Crippen LogP contribution is 2.35. The number of aromatic nitrogens is 2. The number of nitrogens with zero attached hydrogens (tertiary/aromatic N) is 4. The highest BCUT2D eigenvalue weighted by atomic mass is 35.5. The van der Waals surface area contributed by atoms with Crippen molar-refractivity contribution < 1.29 is 22.7 Å². The van der Waals surface area contributed by atoms with Gasteiger partial charge in [-0.15, -0.1) is 11.3 Å². The highest BCUT2D eigenvalue weighted by Gasteiger charge is 2.33. The Labute approximate surface area is 218 Å². The first-order valence-corrected chi connectivity index (χ1v) is 13.0. The van der Waals surface area contributed by atoms with E-state index >= 15 is 0 Å². The van der Waals surface area contributed by atoms with Crippen LogP contribution in [0.15, 0.2) is 23.7 Å². The Morgan fingerprint density at radius 1 is 1.39 bits per heavy atom. The van der Waals surface area contributed by atoms with Crippen molar-refractivity contribution in [2.24, 2.45) is 0 Å². The van der Waals surface area contributed by atoms with Gasteiger partial charge in [-0.3, -0.25) is 9.69 Å². The van der Waals surface area contributed by atoms with Crippen LogP contribution in [0, 0.1) is 24.1 Å². The van der Waals surface area contributed by atoms with Gasteiger partial charge in [0.1, 0.15) is 29.2 Å². The number of piperidine rings is 1.